The van der Waals surface area contributed by atoms with Crippen LogP contribution in [0.25, 0.3) is 0 Å². The van der Waals surface area contributed by atoms with E-state index >= 15 is 0 Å². The Balaban J connectivity index is 2.84. The molecule has 4 nitrogen and oxygen atoms in total. The highest BCUT2D eigenvalue weighted by Crippen LogP contribution is 2.33. The monoisotopic (exact) mass is 225 g/mol. The number of nitrogens with two attached hydrogens (primary N) is 1. The van der Waals surface area contributed by atoms with Crippen LogP contribution in [-0.4, -0.2) is 27.4 Å². The highest BCUT2D eigenvalue weighted by molar-refractivity contribution is 5.49. The van der Waals surface area contributed by atoms with Gasteiger partial charge in [0.15, 0.2) is 0 Å². The zero-order valence-electron chi connectivity index (χ0n) is 10.1. The highest BCUT2D eigenvalue weighted by Gasteiger charge is 2.08. The van der Waals surface area contributed by atoms with E-state index in [1.807, 2.05) is 19.1 Å². The molecule has 0 spiro atoms. The molecule has 0 saturated carbocycles. The summed E-state index contributed by atoms with van der Waals surface area (Å²) in [4.78, 5) is 0. The number of ether oxygens (including phenoxy) is 3. The first-order valence-electron chi connectivity index (χ1n) is 5.28. The van der Waals surface area contributed by atoms with Gasteiger partial charge in [-0.25, -0.2) is 0 Å². The summed E-state index contributed by atoms with van der Waals surface area (Å²) in [6.45, 7) is 3.17. The molecule has 0 aliphatic rings. The fraction of sp³-hybridized carbons (Fsp3) is 0.500. The zero-order valence-corrected chi connectivity index (χ0v) is 10.1. The summed E-state index contributed by atoms with van der Waals surface area (Å²) in [6, 6.07) is 3.71. The Morgan fingerprint density at radius 3 is 2.12 bits per heavy atom. The number of benzene rings is 1. The molecule has 2 N–H and O–H groups in total. The van der Waals surface area contributed by atoms with Crippen LogP contribution < -0.4 is 19.9 Å². The van der Waals surface area contributed by atoms with E-state index in [4.69, 9.17) is 19.9 Å². The van der Waals surface area contributed by atoms with Crippen molar-refractivity contribution in [2.24, 2.45) is 5.73 Å². The van der Waals surface area contributed by atoms with E-state index in [0.29, 0.717) is 13.2 Å². The Labute approximate surface area is 96.3 Å². The number of rotatable bonds is 6. The van der Waals surface area contributed by atoms with Crippen molar-refractivity contribution in [1.29, 1.82) is 0 Å². The highest BCUT2D eigenvalue weighted by atomic mass is 16.5. The number of hydrogen-bond donors (Lipinski definition) is 1. The van der Waals surface area contributed by atoms with E-state index in [2.05, 4.69) is 0 Å². The van der Waals surface area contributed by atoms with Crippen molar-refractivity contribution in [3.63, 3.8) is 0 Å². The standard InChI is InChI=1S/C12H19NO3/c1-9-11(14-2)7-10(8-12(9)15-3)16-6-4-5-13/h7-8H,4-6,13H2,1-3H3. The molecule has 0 heterocycles. The fourth-order valence-electron chi connectivity index (χ4n) is 1.42. The van der Waals surface area contributed by atoms with Gasteiger partial charge < -0.3 is 19.9 Å². The fourth-order valence-corrected chi connectivity index (χ4v) is 1.42. The van der Waals surface area contributed by atoms with E-state index in [1.54, 1.807) is 14.2 Å². The molecule has 0 unspecified atom stereocenters. The lowest BCUT2D eigenvalue weighted by Crippen LogP contribution is -2.06. The molecule has 0 aliphatic carbocycles. The van der Waals surface area contributed by atoms with Gasteiger partial charge in [0.05, 0.1) is 20.8 Å². The predicted octanol–water partition coefficient (Wildman–Crippen LogP) is 1.74. The lowest BCUT2D eigenvalue weighted by atomic mass is 10.2. The average molecular weight is 225 g/mol. The molecule has 0 saturated heterocycles. The van der Waals surface area contributed by atoms with Gasteiger partial charge in [0.2, 0.25) is 0 Å². The first-order valence-corrected chi connectivity index (χ1v) is 5.28. The molecule has 90 valence electrons. The molecule has 0 fully saturated rings. The van der Waals surface area contributed by atoms with Gasteiger partial charge in [-0.15, -0.1) is 0 Å². The summed E-state index contributed by atoms with van der Waals surface area (Å²) < 4.78 is 16.0. The van der Waals surface area contributed by atoms with Crippen molar-refractivity contribution in [1.82, 2.24) is 0 Å². The second-order valence-corrected chi connectivity index (χ2v) is 3.44. The molecule has 16 heavy (non-hydrogen) atoms. The molecule has 0 bridgehead atoms. The zero-order chi connectivity index (χ0) is 12.0. The Morgan fingerprint density at radius 1 is 1.12 bits per heavy atom. The topological polar surface area (TPSA) is 53.7 Å². The van der Waals surface area contributed by atoms with Crippen LogP contribution in [0, 0.1) is 6.92 Å². The van der Waals surface area contributed by atoms with Crippen LogP contribution in [0.4, 0.5) is 0 Å². The van der Waals surface area contributed by atoms with Crippen molar-refractivity contribution in [2.75, 3.05) is 27.4 Å². The summed E-state index contributed by atoms with van der Waals surface area (Å²) in [6.07, 6.45) is 0.832. The molecule has 0 aromatic heterocycles. The second kappa shape index (κ2) is 6.23. The SMILES string of the molecule is COc1cc(OCCCN)cc(OC)c1C. The van der Waals surface area contributed by atoms with Crippen LogP contribution in [0.1, 0.15) is 12.0 Å². The van der Waals surface area contributed by atoms with E-state index in [9.17, 15) is 0 Å². The quantitative estimate of drug-likeness (QED) is 0.749. The van der Waals surface area contributed by atoms with Crippen molar-refractivity contribution in [3.8, 4) is 17.2 Å². The third kappa shape index (κ3) is 3.03. The second-order valence-electron chi connectivity index (χ2n) is 3.44. The van der Waals surface area contributed by atoms with E-state index < -0.39 is 0 Å². The van der Waals surface area contributed by atoms with Gasteiger partial charge in [-0.1, -0.05) is 0 Å². The maximum atomic E-state index is 5.55. The molecule has 0 atom stereocenters. The minimum atomic E-state index is 0.603. The van der Waals surface area contributed by atoms with Gasteiger partial charge in [0, 0.05) is 17.7 Å². The summed E-state index contributed by atoms with van der Waals surface area (Å²) in [7, 11) is 3.26. The Kier molecular flexibility index (Phi) is 4.92. The van der Waals surface area contributed by atoms with E-state index in [-0.39, 0.29) is 0 Å². The smallest absolute Gasteiger partial charge is 0.129 e. The van der Waals surface area contributed by atoms with Gasteiger partial charge in [0.25, 0.3) is 0 Å². The minimum Gasteiger partial charge on any atom is -0.496 e. The van der Waals surface area contributed by atoms with Crippen LogP contribution in [-0.2, 0) is 0 Å². The molecular weight excluding hydrogens is 206 g/mol. The molecule has 1 aromatic carbocycles. The van der Waals surface area contributed by atoms with Crippen LogP contribution >= 0.6 is 0 Å². The Morgan fingerprint density at radius 2 is 1.69 bits per heavy atom. The van der Waals surface area contributed by atoms with Crippen molar-refractivity contribution >= 4 is 0 Å². The van der Waals surface area contributed by atoms with Crippen LogP contribution in [0.15, 0.2) is 12.1 Å². The number of hydrogen-bond acceptors (Lipinski definition) is 4. The molecule has 0 aliphatic heterocycles. The minimum absolute atomic E-state index is 0.603. The first-order chi connectivity index (χ1) is 7.72. The Hall–Kier alpha value is -1.42. The summed E-state index contributed by atoms with van der Waals surface area (Å²) in [5.74, 6) is 2.27. The van der Waals surface area contributed by atoms with Gasteiger partial charge >= 0.3 is 0 Å². The largest absolute Gasteiger partial charge is 0.496 e. The van der Waals surface area contributed by atoms with Crippen molar-refractivity contribution < 1.29 is 14.2 Å². The van der Waals surface area contributed by atoms with Gasteiger partial charge in [-0.05, 0) is 19.9 Å². The van der Waals surface area contributed by atoms with E-state index in [0.717, 1.165) is 29.2 Å². The van der Waals surface area contributed by atoms with Crippen molar-refractivity contribution in [2.45, 2.75) is 13.3 Å². The third-order valence-corrected chi connectivity index (χ3v) is 2.34. The van der Waals surface area contributed by atoms with Gasteiger partial charge in [-0.3, -0.25) is 0 Å². The van der Waals surface area contributed by atoms with Crippen LogP contribution in [0.3, 0.4) is 0 Å². The normalized spacial score (nSPS) is 10.0. The summed E-state index contributed by atoms with van der Waals surface area (Å²) in [5, 5.41) is 0. The van der Waals surface area contributed by atoms with Crippen LogP contribution in [0.2, 0.25) is 0 Å². The molecule has 4 heteroatoms. The molecular formula is C12H19NO3. The predicted molar refractivity (Wildman–Crippen MR) is 63.4 cm³/mol. The Bertz CT molecular complexity index is 314. The lowest BCUT2D eigenvalue weighted by molar-refractivity contribution is 0.307. The first kappa shape index (κ1) is 12.6. The number of methoxy groups -OCH3 is 2. The van der Waals surface area contributed by atoms with Crippen LogP contribution in [0.5, 0.6) is 17.2 Å². The molecule has 1 rings (SSSR count). The summed E-state index contributed by atoms with van der Waals surface area (Å²) in [5.41, 5.74) is 6.37. The third-order valence-electron chi connectivity index (χ3n) is 2.34. The maximum Gasteiger partial charge on any atom is 0.129 e. The lowest BCUT2D eigenvalue weighted by Gasteiger charge is -2.13. The van der Waals surface area contributed by atoms with E-state index in [1.165, 1.54) is 0 Å². The average Bonchev–Trinajstić information content (AvgIpc) is 2.31. The molecule has 1 aromatic rings. The molecule has 0 amide bonds. The molecule has 0 radical (unpaired) electrons. The van der Waals surface area contributed by atoms with Crippen molar-refractivity contribution in [3.05, 3.63) is 17.7 Å². The summed E-state index contributed by atoms with van der Waals surface area (Å²) >= 11 is 0. The van der Waals surface area contributed by atoms with Gasteiger partial charge in [-0.2, -0.15) is 0 Å². The maximum absolute atomic E-state index is 5.55. The van der Waals surface area contributed by atoms with Gasteiger partial charge in [0.1, 0.15) is 17.2 Å².